The highest BCUT2D eigenvalue weighted by Gasteiger charge is 2.27. The number of hydrogen-bond donors (Lipinski definition) is 3. The van der Waals surface area contributed by atoms with Gasteiger partial charge in [-0.25, -0.2) is 13.1 Å². The van der Waals surface area contributed by atoms with E-state index in [4.69, 9.17) is 9.47 Å². The van der Waals surface area contributed by atoms with Gasteiger partial charge in [0, 0.05) is 10.9 Å². The van der Waals surface area contributed by atoms with E-state index in [-0.39, 0.29) is 16.8 Å². The van der Waals surface area contributed by atoms with Gasteiger partial charge in [-0.2, -0.15) is 0 Å². The first-order valence-electron chi connectivity index (χ1n) is 10.2. The van der Waals surface area contributed by atoms with Crippen LogP contribution in [0.4, 0.5) is 5.69 Å². The first-order chi connectivity index (χ1) is 15.5. The van der Waals surface area contributed by atoms with Crippen LogP contribution in [-0.4, -0.2) is 33.6 Å². The maximum atomic E-state index is 12.5. The molecule has 0 bridgehead atoms. The Labute approximate surface area is 189 Å². The zero-order valence-corrected chi connectivity index (χ0v) is 18.6. The number of ether oxygens (including phenoxy) is 2. The Balaban J connectivity index is 1.21. The van der Waals surface area contributed by atoms with Crippen LogP contribution in [0.2, 0.25) is 0 Å². The summed E-state index contributed by atoms with van der Waals surface area (Å²) in [7, 11) is -3.50. The largest absolute Gasteiger partial charge is 0.486 e. The van der Waals surface area contributed by atoms with Crippen LogP contribution in [0.1, 0.15) is 22.5 Å². The molecule has 2 aromatic carbocycles. The van der Waals surface area contributed by atoms with E-state index in [0.29, 0.717) is 29.5 Å². The SMILES string of the molecule is O=C(NNc1ccc(S(=O)(=O)NC2CC2)cc1)c1ccc(-c2ccc3c(c2)OCCO3)s1. The van der Waals surface area contributed by atoms with E-state index in [2.05, 4.69) is 15.6 Å². The fourth-order valence-corrected chi connectivity index (χ4v) is 5.41. The van der Waals surface area contributed by atoms with E-state index in [1.165, 1.54) is 23.5 Å². The van der Waals surface area contributed by atoms with Crippen LogP contribution in [-0.2, 0) is 10.0 Å². The molecule has 166 valence electrons. The van der Waals surface area contributed by atoms with Gasteiger partial charge in [-0.1, -0.05) is 0 Å². The van der Waals surface area contributed by atoms with Gasteiger partial charge in [0.15, 0.2) is 11.5 Å². The minimum atomic E-state index is -3.50. The van der Waals surface area contributed by atoms with Crippen molar-refractivity contribution in [2.45, 2.75) is 23.8 Å². The number of fused-ring (bicyclic) bond motifs is 1. The van der Waals surface area contributed by atoms with Crippen LogP contribution in [0.5, 0.6) is 11.5 Å². The molecular formula is C22H21N3O5S2. The minimum absolute atomic E-state index is 0.0509. The van der Waals surface area contributed by atoms with Crippen molar-refractivity contribution < 1.29 is 22.7 Å². The van der Waals surface area contributed by atoms with E-state index in [0.717, 1.165) is 29.0 Å². The predicted molar refractivity (Wildman–Crippen MR) is 122 cm³/mol. The molecule has 0 atom stereocenters. The molecule has 0 unspecified atom stereocenters. The third-order valence-corrected chi connectivity index (χ3v) is 7.71. The van der Waals surface area contributed by atoms with Crippen molar-refractivity contribution in [3.63, 3.8) is 0 Å². The van der Waals surface area contributed by atoms with Gasteiger partial charge in [0.25, 0.3) is 5.91 Å². The van der Waals surface area contributed by atoms with Crippen LogP contribution >= 0.6 is 11.3 Å². The summed E-state index contributed by atoms with van der Waals surface area (Å²) in [6.45, 7) is 1.06. The highest BCUT2D eigenvalue weighted by Crippen LogP contribution is 2.36. The molecule has 1 fully saturated rings. The summed E-state index contributed by atoms with van der Waals surface area (Å²) in [4.78, 5) is 14.2. The molecule has 1 aliphatic heterocycles. The zero-order valence-electron chi connectivity index (χ0n) is 17.0. The molecule has 0 spiro atoms. The molecular weight excluding hydrogens is 450 g/mol. The highest BCUT2D eigenvalue weighted by molar-refractivity contribution is 7.89. The zero-order chi connectivity index (χ0) is 22.1. The minimum Gasteiger partial charge on any atom is -0.486 e. The number of carbonyl (C=O) groups is 1. The van der Waals surface area contributed by atoms with Gasteiger partial charge < -0.3 is 9.47 Å². The van der Waals surface area contributed by atoms with E-state index >= 15 is 0 Å². The van der Waals surface area contributed by atoms with Crippen molar-refractivity contribution in [1.82, 2.24) is 10.1 Å². The molecule has 5 rings (SSSR count). The summed E-state index contributed by atoms with van der Waals surface area (Å²) in [5, 5.41) is 0. The van der Waals surface area contributed by atoms with Gasteiger partial charge in [-0.3, -0.25) is 15.6 Å². The van der Waals surface area contributed by atoms with Crippen LogP contribution < -0.4 is 25.0 Å². The first-order valence-corrected chi connectivity index (χ1v) is 12.5. The third-order valence-electron chi connectivity index (χ3n) is 5.04. The van der Waals surface area contributed by atoms with Crippen molar-refractivity contribution in [3.05, 3.63) is 59.5 Å². The van der Waals surface area contributed by atoms with Crippen molar-refractivity contribution in [2.75, 3.05) is 18.6 Å². The predicted octanol–water partition coefficient (Wildman–Crippen LogP) is 3.38. The van der Waals surface area contributed by atoms with E-state index < -0.39 is 10.0 Å². The molecule has 3 N–H and O–H groups in total. The number of hydrazine groups is 1. The fraction of sp³-hybridized carbons (Fsp3) is 0.227. The number of sulfonamides is 1. The lowest BCUT2D eigenvalue weighted by Crippen LogP contribution is -2.28. The average Bonchev–Trinajstić information content (AvgIpc) is 3.47. The lowest BCUT2D eigenvalue weighted by molar-refractivity contribution is 0.0966. The summed E-state index contributed by atoms with van der Waals surface area (Å²) in [6, 6.07) is 15.6. The summed E-state index contributed by atoms with van der Waals surface area (Å²) < 4.78 is 38.3. The molecule has 1 amide bonds. The summed E-state index contributed by atoms with van der Waals surface area (Å²) in [5.74, 6) is 1.14. The van der Waals surface area contributed by atoms with Gasteiger partial charge in [0.05, 0.1) is 15.5 Å². The molecule has 2 aliphatic rings. The average molecular weight is 472 g/mol. The Kier molecular flexibility index (Phi) is 5.50. The topological polar surface area (TPSA) is 106 Å². The van der Waals surface area contributed by atoms with Gasteiger partial charge >= 0.3 is 0 Å². The normalized spacial score (nSPS) is 15.2. The van der Waals surface area contributed by atoms with Crippen LogP contribution in [0.15, 0.2) is 59.5 Å². The molecule has 0 saturated heterocycles. The second-order valence-corrected chi connectivity index (χ2v) is 10.3. The maximum Gasteiger partial charge on any atom is 0.279 e. The van der Waals surface area contributed by atoms with Crippen molar-refractivity contribution >= 4 is 33.0 Å². The summed E-state index contributed by atoms with van der Waals surface area (Å²) in [5.41, 5.74) is 6.99. The quantitative estimate of drug-likeness (QED) is 0.456. The monoisotopic (exact) mass is 471 g/mol. The number of anilines is 1. The second-order valence-electron chi connectivity index (χ2n) is 7.52. The number of thiophene rings is 1. The number of hydrogen-bond acceptors (Lipinski definition) is 7. The van der Waals surface area contributed by atoms with Crippen molar-refractivity contribution in [2.24, 2.45) is 0 Å². The Morgan fingerprint density at radius 1 is 0.938 bits per heavy atom. The smallest absolute Gasteiger partial charge is 0.279 e. The molecule has 1 aliphatic carbocycles. The molecule has 0 radical (unpaired) electrons. The number of carbonyl (C=O) groups excluding carboxylic acids is 1. The Morgan fingerprint density at radius 3 is 2.44 bits per heavy atom. The highest BCUT2D eigenvalue weighted by atomic mass is 32.2. The molecule has 10 heteroatoms. The Hall–Kier alpha value is -3.08. The molecule has 1 saturated carbocycles. The van der Waals surface area contributed by atoms with Crippen LogP contribution in [0, 0.1) is 0 Å². The molecule has 1 aromatic heterocycles. The van der Waals surface area contributed by atoms with Gasteiger partial charge in [0.2, 0.25) is 10.0 Å². The van der Waals surface area contributed by atoms with E-state index in [9.17, 15) is 13.2 Å². The van der Waals surface area contributed by atoms with Crippen molar-refractivity contribution in [3.8, 4) is 21.9 Å². The van der Waals surface area contributed by atoms with Crippen molar-refractivity contribution in [1.29, 1.82) is 0 Å². The van der Waals surface area contributed by atoms with E-state index in [1.807, 2.05) is 24.3 Å². The molecule has 8 nitrogen and oxygen atoms in total. The summed E-state index contributed by atoms with van der Waals surface area (Å²) in [6.07, 6.45) is 1.76. The van der Waals surface area contributed by atoms with Gasteiger partial charge in [-0.15, -0.1) is 11.3 Å². The second kappa shape index (κ2) is 8.45. The van der Waals surface area contributed by atoms with Crippen LogP contribution in [0.25, 0.3) is 10.4 Å². The molecule has 2 heterocycles. The third kappa shape index (κ3) is 4.57. The standard InChI is InChI=1S/C22H21N3O5S2/c26-22(24-23-15-4-6-17(7-5-15)32(27,28)25-16-2-3-16)21-10-9-20(31-21)14-1-8-18-19(13-14)30-12-11-29-18/h1,4-10,13,16,23,25H,2-3,11-12H2,(H,24,26). The maximum absolute atomic E-state index is 12.5. The Bertz CT molecular complexity index is 1250. The molecule has 32 heavy (non-hydrogen) atoms. The lowest BCUT2D eigenvalue weighted by Gasteiger charge is -2.18. The van der Waals surface area contributed by atoms with E-state index in [1.54, 1.807) is 18.2 Å². The molecule has 3 aromatic rings. The Morgan fingerprint density at radius 2 is 1.69 bits per heavy atom. The summed E-state index contributed by atoms with van der Waals surface area (Å²) >= 11 is 1.36. The van der Waals surface area contributed by atoms with Gasteiger partial charge in [0.1, 0.15) is 13.2 Å². The fourth-order valence-electron chi connectivity index (χ4n) is 3.21. The number of rotatable bonds is 7. The first kappa shape index (κ1) is 20.8. The number of amides is 1. The lowest BCUT2D eigenvalue weighted by atomic mass is 10.1. The number of benzene rings is 2. The van der Waals surface area contributed by atoms with Crippen LogP contribution in [0.3, 0.4) is 0 Å². The van der Waals surface area contributed by atoms with Gasteiger partial charge in [-0.05, 0) is 73.0 Å². The number of nitrogens with one attached hydrogen (secondary N) is 3.